The van der Waals surface area contributed by atoms with Gasteiger partial charge < -0.3 is 10.3 Å². The summed E-state index contributed by atoms with van der Waals surface area (Å²) in [5.41, 5.74) is 7.69. The molecule has 0 fully saturated rings. The van der Waals surface area contributed by atoms with E-state index in [9.17, 15) is 8.42 Å². The molecule has 0 aliphatic heterocycles. The Kier molecular flexibility index (Phi) is 4.88. The van der Waals surface area contributed by atoms with Crippen molar-refractivity contribution in [2.75, 3.05) is 17.2 Å². The molecule has 2 aromatic rings. The van der Waals surface area contributed by atoms with Crippen molar-refractivity contribution in [3.8, 4) is 0 Å². The number of nitrogen functional groups attached to an aromatic ring is 1. The molecule has 21 heavy (non-hydrogen) atoms. The Morgan fingerprint density at radius 1 is 1.33 bits per heavy atom. The second kappa shape index (κ2) is 6.32. The highest BCUT2D eigenvalue weighted by Crippen LogP contribution is 2.31. The van der Waals surface area contributed by atoms with Crippen LogP contribution in [-0.4, -0.2) is 29.7 Å². The van der Waals surface area contributed by atoms with Crippen molar-refractivity contribution in [3.63, 3.8) is 0 Å². The Morgan fingerprint density at radius 2 is 2.05 bits per heavy atom. The van der Waals surface area contributed by atoms with E-state index in [2.05, 4.69) is 6.92 Å². The van der Waals surface area contributed by atoms with Crippen molar-refractivity contribution in [3.05, 3.63) is 24.4 Å². The molecule has 0 bridgehead atoms. The van der Waals surface area contributed by atoms with Crippen molar-refractivity contribution < 1.29 is 8.42 Å². The third-order valence-electron chi connectivity index (χ3n) is 3.51. The quantitative estimate of drug-likeness (QED) is 0.654. The maximum absolute atomic E-state index is 12.0. The number of hydrogen-bond acceptors (Lipinski definition) is 4. The lowest BCUT2D eigenvalue weighted by atomic mass is 10.2. The topological polar surface area (TPSA) is 65.1 Å². The van der Waals surface area contributed by atoms with Crippen LogP contribution in [0.2, 0.25) is 0 Å². The molecule has 6 heteroatoms. The highest BCUT2D eigenvalue weighted by atomic mass is 32.2. The van der Waals surface area contributed by atoms with Crippen molar-refractivity contribution in [1.29, 1.82) is 0 Å². The monoisotopic (exact) mass is 326 g/mol. The molecule has 0 spiro atoms. The Bertz CT molecular complexity index is 733. The fraction of sp³-hybridized carbons (Fsp3) is 0.467. The number of aromatic nitrogens is 1. The number of aryl methyl sites for hydroxylation is 1. The molecule has 1 heterocycles. The van der Waals surface area contributed by atoms with Crippen molar-refractivity contribution in [1.82, 2.24) is 4.57 Å². The van der Waals surface area contributed by atoms with Crippen LogP contribution in [-0.2, 0) is 16.4 Å². The molecule has 0 unspecified atom stereocenters. The van der Waals surface area contributed by atoms with Gasteiger partial charge in [-0.2, -0.15) is 0 Å². The van der Waals surface area contributed by atoms with E-state index in [-0.39, 0.29) is 11.0 Å². The van der Waals surface area contributed by atoms with Crippen molar-refractivity contribution in [2.45, 2.75) is 37.5 Å². The number of hydrogen-bond donors (Lipinski definition) is 1. The summed E-state index contributed by atoms with van der Waals surface area (Å²) in [6, 6.07) is 5.93. The molecule has 4 nitrogen and oxygen atoms in total. The summed E-state index contributed by atoms with van der Waals surface area (Å²) < 4.78 is 25.9. The molecule has 2 N–H and O–H groups in total. The zero-order chi connectivity index (χ0) is 15.6. The van der Waals surface area contributed by atoms with E-state index in [1.54, 1.807) is 25.6 Å². The fourth-order valence-corrected chi connectivity index (χ4v) is 3.99. The molecule has 1 aromatic heterocycles. The molecule has 0 aliphatic carbocycles. The van der Waals surface area contributed by atoms with E-state index in [4.69, 9.17) is 5.73 Å². The maximum Gasteiger partial charge on any atom is 0.154 e. The van der Waals surface area contributed by atoms with Gasteiger partial charge in [-0.05, 0) is 37.8 Å². The second-order valence-corrected chi connectivity index (χ2v) is 9.29. The number of rotatable bonds is 6. The SMILES string of the molecule is CCSc1cc(N)cc2c1ccn2CCS(=O)(=O)C(C)C. The fourth-order valence-electron chi connectivity index (χ4n) is 2.21. The van der Waals surface area contributed by atoms with Crippen LogP contribution in [0.15, 0.2) is 29.3 Å². The third-order valence-corrected chi connectivity index (χ3v) is 6.63. The molecule has 0 aliphatic rings. The van der Waals surface area contributed by atoms with Gasteiger partial charge >= 0.3 is 0 Å². The molecule has 0 radical (unpaired) electrons. The van der Waals surface area contributed by atoms with Crippen LogP contribution >= 0.6 is 11.8 Å². The first-order valence-corrected chi connectivity index (χ1v) is 9.78. The number of sulfone groups is 1. The zero-order valence-electron chi connectivity index (χ0n) is 12.7. The van der Waals surface area contributed by atoms with Gasteiger partial charge in [0.2, 0.25) is 0 Å². The summed E-state index contributed by atoms with van der Waals surface area (Å²) in [5.74, 6) is 1.13. The summed E-state index contributed by atoms with van der Waals surface area (Å²) in [6.45, 7) is 6.00. The summed E-state index contributed by atoms with van der Waals surface area (Å²) in [6.07, 6.45) is 1.94. The zero-order valence-corrected chi connectivity index (χ0v) is 14.3. The summed E-state index contributed by atoms with van der Waals surface area (Å²) in [7, 11) is -3.03. The average molecular weight is 326 g/mol. The van der Waals surface area contributed by atoms with Gasteiger partial charge in [-0.1, -0.05) is 6.92 Å². The van der Waals surface area contributed by atoms with Crippen LogP contribution in [0.4, 0.5) is 5.69 Å². The Labute approximate surface area is 130 Å². The number of benzene rings is 1. The van der Waals surface area contributed by atoms with E-state index in [1.165, 1.54) is 0 Å². The second-order valence-electron chi connectivity index (χ2n) is 5.31. The van der Waals surface area contributed by atoms with Crippen LogP contribution in [0.25, 0.3) is 10.9 Å². The minimum Gasteiger partial charge on any atom is -0.399 e. The van der Waals surface area contributed by atoms with Crippen molar-refractivity contribution in [2.24, 2.45) is 0 Å². The van der Waals surface area contributed by atoms with Crippen molar-refractivity contribution >= 4 is 38.2 Å². The maximum atomic E-state index is 12.0. The predicted octanol–water partition coefficient (Wildman–Crippen LogP) is 3.16. The molecule has 0 saturated carbocycles. The third kappa shape index (κ3) is 3.55. The van der Waals surface area contributed by atoms with Gasteiger partial charge in [0.25, 0.3) is 0 Å². The lowest BCUT2D eigenvalue weighted by Gasteiger charge is -2.10. The van der Waals surface area contributed by atoms with Crippen LogP contribution in [0.5, 0.6) is 0 Å². The largest absolute Gasteiger partial charge is 0.399 e. The number of nitrogens with zero attached hydrogens (tertiary/aromatic N) is 1. The number of thioether (sulfide) groups is 1. The first-order chi connectivity index (χ1) is 9.85. The van der Waals surface area contributed by atoms with E-state index in [1.807, 2.05) is 29.0 Å². The highest BCUT2D eigenvalue weighted by molar-refractivity contribution is 7.99. The summed E-state index contributed by atoms with van der Waals surface area (Å²) in [4.78, 5) is 1.15. The molecule has 116 valence electrons. The predicted molar refractivity (Wildman–Crippen MR) is 91.7 cm³/mol. The smallest absolute Gasteiger partial charge is 0.154 e. The van der Waals surface area contributed by atoms with Gasteiger partial charge in [0, 0.05) is 28.7 Å². The standard InChI is InChI=1S/C15H22N2O2S2/c1-4-20-15-10-12(16)9-14-13(15)5-6-17(14)7-8-21(18,19)11(2)3/h5-6,9-11H,4,7-8,16H2,1-3H3. The minimum absolute atomic E-state index is 0.152. The molecule has 2 rings (SSSR count). The van der Waals surface area contributed by atoms with Gasteiger partial charge in [-0.25, -0.2) is 8.42 Å². The normalized spacial score (nSPS) is 12.4. The molecule has 0 amide bonds. The molecular weight excluding hydrogens is 304 g/mol. The first-order valence-electron chi connectivity index (χ1n) is 7.08. The number of nitrogens with two attached hydrogens (primary N) is 1. The van der Waals surface area contributed by atoms with Gasteiger partial charge in [-0.15, -0.1) is 11.8 Å². The lowest BCUT2D eigenvalue weighted by Crippen LogP contribution is -2.20. The molecule has 0 atom stereocenters. The van der Waals surface area contributed by atoms with Gasteiger partial charge in [-0.3, -0.25) is 0 Å². The van der Waals surface area contributed by atoms with E-state index in [0.717, 1.165) is 21.6 Å². The van der Waals surface area contributed by atoms with Gasteiger partial charge in [0.1, 0.15) is 0 Å². The van der Waals surface area contributed by atoms with Crippen LogP contribution in [0, 0.1) is 0 Å². The average Bonchev–Trinajstić information content (AvgIpc) is 2.79. The Hall–Kier alpha value is -1.14. The molecular formula is C15H22N2O2S2. The summed E-state index contributed by atoms with van der Waals surface area (Å²) in [5, 5.41) is 0.800. The van der Waals surface area contributed by atoms with E-state index in [0.29, 0.717) is 12.2 Å². The Morgan fingerprint density at radius 3 is 2.67 bits per heavy atom. The summed E-state index contributed by atoms with van der Waals surface area (Å²) >= 11 is 1.75. The lowest BCUT2D eigenvalue weighted by molar-refractivity contribution is 0.581. The van der Waals surface area contributed by atoms with E-state index < -0.39 is 9.84 Å². The minimum atomic E-state index is -3.03. The van der Waals surface area contributed by atoms with Crippen LogP contribution < -0.4 is 5.73 Å². The number of anilines is 1. The molecule has 0 saturated heterocycles. The van der Waals surface area contributed by atoms with E-state index >= 15 is 0 Å². The number of fused-ring (bicyclic) bond motifs is 1. The van der Waals surface area contributed by atoms with Crippen LogP contribution in [0.3, 0.4) is 0 Å². The first kappa shape index (κ1) is 16.2. The van der Waals surface area contributed by atoms with Gasteiger partial charge in [0.05, 0.1) is 16.5 Å². The molecule has 1 aromatic carbocycles. The Balaban J connectivity index is 2.34. The van der Waals surface area contributed by atoms with Gasteiger partial charge in [0.15, 0.2) is 9.84 Å². The van der Waals surface area contributed by atoms with Crippen LogP contribution in [0.1, 0.15) is 20.8 Å². The highest BCUT2D eigenvalue weighted by Gasteiger charge is 2.16.